The summed E-state index contributed by atoms with van der Waals surface area (Å²) in [6.45, 7) is 0. The zero-order valence-electron chi connectivity index (χ0n) is 20.5. The van der Waals surface area contributed by atoms with Crippen molar-refractivity contribution in [1.29, 1.82) is 0 Å². The number of hydrogen-bond donors (Lipinski definition) is 1. The van der Waals surface area contributed by atoms with Crippen LogP contribution in [0.4, 0.5) is 5.69 Å². The second kappa shape index (κ2) is 9.18. The number of benzene rings is 2. The minimum atomic E-state index is -0.432. The highest BCUT2D eigenvalue weighted by molar-refractivity contribution is 6.24. The van der Waals surface area contributed by atoms with Crippen molar-refractivity contribution in [3.63, 3.8) is 0 Å². The highest BCUT2D eigenvalue weighted by Gasteiger charge is 2.57. The highest BCUT2D eigenvalue weighted by atomic mass is 16.5. The molecule has 0 radical (unpaired) electrons. The molecule has 5 nitrogen and oxygen atoms in total. The topological polar surface area (TPSA) is 62.4 Å². The summed E-state index contributed by atoms with van der Waals surface area (Å²) in [5, 5.41) is 1.23. The summed E-state index contributed by atoms with van der Waals surface area (Å²) < 4.78 is 5.30. The maximum atomic E-state index is 14.1. The summed E-state index contributed by atoms with van der Waals surface area (Å²) in [4.78, 5) is 33.1. The van der Waals surface area contributed by atoms with Gasteiger partial charge in [0.15, 0.2) is 0 Å². The van der Waals surface area contributed by atoms with Gasteiger partial charge in [0.25, 0.3) is 0 Å². The van der Waals surface area contributed by atoms with Crippen molar-refractivity contribution in [3.05, 3.63) is 59.8 Å². The van der Waals surface area contributed by atoms with E-state index < -0.39 is 5.92 Å². The molecule has 5 heteroatoms. The molecule has 1 N–H and O–H groups in total. The molecule has 2 heterocycles. The van der Waals surface area contributed by atoms with Crippen LogP contribution in [-0.2, 0) is 9.59 Å². The zero-order valence-corrected chi connectivity index (χ0v) is 20.5. The molecule has 3 aromatic rings. The van der Waals surface area contributed by atoms with Gasteiger partial charge in [-0.3, -0.25) is 9.59 Å². The van der Waals surface area contributed by atoms with Crippen LogP contribution in [0.3, 0.4) is 0 Å². The van der Waals surface area contributed by atoms with Gasteiger partial charge >= 0.3 is 0 Å². The lowest BCUT2D eigenvalue weighted by Crippen LogP contribution is -2.36. The van der Waals surface area contributed by atoms with Gasteiger partial charge in [-0.1, -0.05) is 63.1 Å². The Morgan fingerprint density at radius 1 is 0.829 bits per heavy atom. The number of ether oxygens (including phenoxy) is 1. The van der Waals surface area contributed by atoms with Crippen LogP contribution in [0.1, 0.15) is 80.9 Å². The Hall–Kier alpha value is -3.08. The molecule has 0 spiro atoms. The van der Waals surface area contributed by atoms with Gasteiger partial charge in [-0.15, -0.1) is 0 Å². The van der Waals surface area contributed by atoms with Crippen molar-refractivity contribution >= 4 is 28.4 Å². The predicted molar refractivity (Wildman–Crippen MR) is 138 cm³/mol. The predicted octanol–water partition coefficient (Wildman–Crippen LogP) is 6.69. The van der Waals surface area contributed by atoms with Crippen molar-refractivity contribution in [1.82, 2.24) is 4.98 Å². The number of methoxy groups -OCH3 is 1. The van der Waals surface area contributed by atoms with E-state index in [4.69, 9.17) is 4.74 Å². The Morgan fingerprint density at radius 3 is 2.26 bits per heavy atom. The van der Waals surface area contributed by atoms with E-state index >= 15 is 0 Å². The number of aromatic amines is 1. The van der Waals surface area contributed by atoms with E-state index in [0.717, 1.165) is 30.5 Å². The molecule has 3 aliphatic rings. The smallest absolute Gasteiger partial charge is 0.243 e. The lowest BCUT2D eigenvalue weighted by atomic mass is 9.63. The van der Waals surface area contributed by atoms with Gasteiger partial charge in [-0.25, -0.2) is 4.90 Å². The molecule has 1 aromatic heterocycles. The number of H-pyrrole nitrogens is 1. The molecule has 4 atom stereocenters. The molecule has 1 saturated carbocycles. The lowest BCUT2D eigenvalue weighted by Gasteiger charge is -2.38. The fraction of sp³-hybridized carbons (Fsp3) is 0.467. The summed E-state index contributed by atoms with van der Waals surface area (Å²) in [7, 11) is 1.62. The average molecular weight is 471 g/mol. The number of nitrogens with one attached hydrogen (secondary N) is 1. The lowest BCUT2D eigenvalue weighted by molar-refractivity contribution is -0.123. The first-order chi connectivity index (χ1) is 17.2. The number of carbonyl (C=O) groups excluding carboxylic acids is 2. The first-order valence-electron chi connectivity index (χ1n) is 13.3. The number of fused-ring (bicyclic) bond motifs is 8. The average Bonchev–Trinajstić information content (AvgIpc) is 3.36. The third kappa shape index (κ3) is 3.67. The normalized spacial score (nSPS) is 27.2. The number of nitrogens with zero attached hydrogens (tertiary/aromatic N) is 1. The van der Waals surface area contributed by atoms with Crippen LogP contribution in [0.25, 0.3) is 10.9 Å². The second-order valence-corrected chi connectivity index (χ2v) is 10.5. The van der Waals surface area contributed by atoms with Crippen LogP contribution in [0.15, 0.2) is 48.5 Å². The van der Waals surface area contributed by atoms with Crippen molar-refractivity contribution in [2.45, 2.75) is 69.6 Å². The number of anilines is 1. The summed E-state index contributed by atoms with van der Waals surface area (Å²) in [5.41, 5.74) is 4.01. The van der Waals surface area contributed by atoms with E-state index in [1.807, 2.05) is 30.3 Å². The molecule has 2 aromatic carbocycles. The quantitative estimate of drug-likeness (QED) is 0.425. The third-order valence-electron chi connectivity index (χ3n) is 8.67. The molecule has 2 fully saturated rings. The molecule has 2 amide bonds. The summed E-state index contributed by atoms with van der Waals surface area (Å²) in [6, 6.07) is 15.7. The minimum absolute atomic E-state index is 0.0284. The summed E-state index contributed by atoms with van der Waals surface area (Å²) in [5.74, 6) is 0.378. The first kappa shape index (κ1) is 22.4. The number of hydrogen-bond acceptors (Lipinski definition) is 3. The fourth-order valence-electron chi connectivity index (χ4n) is 7.07. The van der Waals surface area contributed by atoms with Crippen molar-refractivity contribution in [3.8, 4) is 5.75 Å². The van der Waals surface area contributed by atoms with E-state index in [2.05, 4.69) is 23.2 Å². The minimum Gasteiger partial charge on any atom is -0.497 e. The number of para-hydroxylation sites is 1. The SMILES string of the molecule is COc1ccc(N2C(=O)[C@H]3[C@H]4CCCCCCCCC[C@H]4c4c([nH]c5ccccc45)[C@H]3C2=O)cc1. The largest absolute Gasteiger partial charge is 0.497 e. The number of rotatable bonds is 2. The van der Waals surface area contributed by atoms with E-state index in [1.165, 1.54) is 54.4 Å². The van der Waals surface area contributed by atoms with Gasteiger partial charge in [0.2, 0.25) is 11.8 Å². The van der Waals surface area contributed by atoms with Crippen LogP contribution in [0.5, 0.6) is 5.75 Å². The van der Waals surface area contributed by atoms with E-state index in [1.54, 1.807) is 7.11 Å². The Bertz CT molecular complexity index is 1240. The van der Waals surface area contributed by atoms with Gasteiger partial charge in [0.05, 0.1) is 24.6 Å². The molecule has 0 bridgehead atoms. The molecular formula is C30H34N2O3. The third-order valence-corrected chi connectivity index (χ3v) is 8.67. The Labute approximate surface area is 206 Å². The molecule has 1 aliphatic heterocycles. The van der Waals surface area contributed by atoms with Crippen LogP contribution >= 0.6 is 0 Å². The summed E-state index contributed by atoms with van der Waals surface area (Å²) >= 11 is 0. The molecule has 1 saturated heterocycles. The van der Waals surface area contributed by atoms with E-state index in [0.29, 0.717) is 17.4 Å². The second-order valence-electron chi connectivity index (χ2n) is 10.5. The highest BCUT2D eigenvalue weighted by Crippen LogP contribution is 2.56. The Kier molecular flexibility index (Phi) is 5.87. The molecule has 2 aliphatic carbocycles. The van der Waals surface area contributed by atoms with Crippen molar-refractivity contribution < 1.29 is 14.3 Å². The summed E-state index contributed by atoms with van der Waals surface area (Å²) in [6.07, 6.45) is 10.8. The number of imide groups is 1. The van der Waals surface area contributed by atoms with Crippen LogP contribution in [-0.4, -0.2) is 23.9 Å². The van der Waals surface area contributed by atoms with Gasteiger partial charge < -0.3 is 9.72 Å². The van der Waals surface area contributed by atoms with Crippen LogP contribution < -0.4 is 9.64 Å². The fourth-order valence-corrected chi connectivity index (χ4v) is 7.07. The molecule has 0 unspecified atom stereocenters. The Balaban J connectivity index is 1.49. The molecule has 35 heavy (non-hydrogen) atoms. The van der Waals surface area contributed by atoms with Gasteiger partial charge in [0.1, 0.15) is 5.75 Å². The van der Waals surface area contributed by atoms with Crippen molar-refractivity contribution in [2.75, 3.05) is 12.0 Å². The Morgan fingerprint density at radius 2 is 1.51 bits per heavy atom. The molecular weight excluding hydrogens is 436 g/mol. The molecule has 182 valence electrons. The first-order valence-corrected chi connectivity index (χ1v) is 13.3. The molecule has 6 rings (SSSR count). The standard InChI is InChI=1S/C30H34N2O3/c1-35-20-17-15-19(16-18-20)32-29(33)26-22-12-8-6-4-2-3-5-7-11-21(22)25-23-13-9-10-14-24(23)31-28(25)27(26)30(32)34/h9-10,13-18,21-22,26-27,31H,2-8,11-12H2,1H3/t21-,22+,26+,27+/m1/s1. The van der Waals surface area contributed by atoms with E-state index in [9.17, 15) is 9.59 Å². The number of amides is 2. The zero-order chi connectivity index (χ0) is 23.9. The van der Waals surface area contributed by atoms with Gasteiger partial charge in [-0.2, -0.15) is 0 Å². The maximum absolute atomic E-state index is 14.1. The van der Waals surface area contributed by atoms with Crippen LogP contribution in [0, 0.1) is 11.8 Å². The van der Waals surface area contributed by atoms with E-state index in [-0.39, 0.29) is 23.7 Å². The van der Waals surface area contributed by atoms with Gasteiger partial charge in [-0.05, 0) is 60.6 Å². The maximum Gasteiger partial charge on any atom is 0.243 e. The van der Waals surface area contributed by atoms with Gasteiger partial charge in [0, 0.05) is 16.6 Å². The monoisotopic (exact) mass is 470 g/mol. The van der Waals surface area contributed by atoms with Crippen LogP contribution in [0.2, 0.25) is 0 Å². The van der Waals surface area contributed by atoms with Crippen molar-refractivity contribution in [2.24, 2.45) is 11.8 Å². The number of aromatic nitrogens is 1. The number of carbonyl (C=O) groups is 2.